The van der Waals surface area contributed by atoms with Gasteiger partial charge in [-0.3, -0.25) is 4.79 Å². The molecule has 0 aliphatic rings. The fourth-order valence-electron chi connectivity index (χ4n) is 2.88. The van der Waals surface area contributed by atoms with E-state index < -0.39 is 5.54 Å². The highest BCUT2D eigenvalue weighted by Gasteiger charge is 2.33. The predicted octanol–water partition coefficient (Wildman–Crippen LogP) is 3.21. The standard InChI is InChI=1S/C17H36N2O2/c1-7-15(8-2)19(6)14-12-11-13-17(5,18-9-3)16(20)21-10-4/h15,18H,7-14H2,1-6H3. The van der Waals surface area contributed by atoms with Crippen molar-refractivity contribution in [2.24, 2.45) is 0 Å². The molecule has 0 spiro atoms. The first-order valence-corrected chi connectivity index (χ1v) is 8.57. The third-order valence-corrected chi connectivity index (χ3v) is 4.30. The largest absolute Gasteiger partial charge is 0.465 e. The van der Waals surface area contributed by atoms with Gasteiger partial charge in [0.05, 0.1) is 6.61 Å². The Morgan fingerprint density at radius 3 is 2.29 bits per heavy atom. The molecule has 0 heterocycles. The van der Waals surface area contributed by atoms with E-state index in [9.17, 15) is 4.79 Å². The molecule has 0 rings (SSSR count). The van der Waals surface area contributed by atoms with Gasteiger partial charge < -0.3 is 15.0 Å². The average Bonchev–Trinajstić information content (AvgIpc) is 2.45. The van der Waals surface area contributed by atoms with E-state index in [2.05, 4.69) is 31.1 Å². The van der Waals surface area contributed by atoms with Gasteiger partial charge in [0, 0.05) is 6.04 Å². The third kappa shape index (κ3) is 7.28. The van der Waals surface area contributed by atoms with E-state index in [1.165, 1.54) is 12.8 Å². The number of hydrogen-bond acceptors (Lipinski definition) is 4. The minimum absolute atomic E-state index is 0.125. The summed E-state index contributed by atoms with van der Waals surface area (Å²) in [4.78, 5) is 14.5. The third-order valence-electron chi connectivity index (χ3n) is 4.30. The Bertz CT molecular complexity index is 280. The zero-order valence-corrected chi connectivity index (χ0v) is 15.0. The van der Waals surface area contributed by atoms with Crippen molar-refractivity contribution in [3.05, 3.63) is 0 Å². The van der Waals surface area contributed by atoms with Gasteiger partial charge in [-0.25, -0.2) is 0 Å². The molecule has 0 aromatic heterocycles. The quantitative estimate of drug-likeness (QED) is 0.444. The molecular formula is C17H36N2O2. The Morgan fingerprint density at radius 1 is 1.19 bits per heavy atom. The van der Waals surface area contributed by atoms with Crippen molar-refractivity contribution in [3.8, 4) is 0 Å². The monoisotopic (exact) mass is 300 g/mol. The fourth-order valence-corrected chi connectivity index (χ4v) is 2.88. The summed E-state index contributed by atoms with van der Waals surface area (Å²) in [6.07, 6.45) is 5.38. The number of esters is 1. The van der Waals surface area contributed by atoms with Gasteiger partial charge in [0.15, 0.2) is 0 Å². The number of rotatable bonds is 12. The van der Waals surface area contributed by atoms with Crippen LogP contribution in [-0.2, 0) is 9.53 Å². The summed E-state index contributed by atoms with van der Waals surface area (Å²) in [5.74, 6) is -0.125. The summed E-state index contributed by atoms with van der Waals surface area (Å²) in [6, 6.07) is 0.676. The number of unbranched alkanes of at least 4 members (excludes halogenated alkanes) is 1. The van der Waals surface area contributed by atoms with Crippen LogP contribution in [0.2, 0.25) is 0 Å². The number of likely N-dealkylation sites (N-methyl/N-ethyl adjacent to an activating group) is 1. The van der Waals surface area contributed by atoms with E-state index in [1.54, 1.807) is 0 Å². The highest BCUT2D eigenvalue weighted by Crippen LogP contribution is 2.17. The number of hydrogen-bond donors (Lipinski definition) is 1. The minimum Gasteiger partial charge on any atom is -0.465 e. The molecule has 1 N–H and O–H groups in total. The van der Waals surface area contributed by atoms with Crippen molar-refractivity contribution in [2.75, 3.05) is 26.7 Å². The van der Waals surface area contributed by atoms with E-state index in [-0.39, 0.29) is 5.97 Å². The SMILES string of the molecule is CCNC(C)(CCCCN(C)C(CC)CC)C(=O)OCC. The molecule has 4 heteroatoms. The summed E-state index contributed by atoms with van der Waals surface area (Å²) >= 11 is 0. The van der Waals surface area contributed by atoms with E-state index >= 15 is 0 Å². The second-order valence-electron chi connectivity index (χ2n) is 5.99. The molecule has 126 valence electrons. The lowest BCUT2D eigenvalue weighted by Crippen LogP contribution is -2.50. The Kier molecular flexibility index (Phi) is 10.7. The van der Waals surface area contributed by atoms with Gasteiger partial charge in [-0.05, 0) is 66.1 Å². The maximum atomic E-state index is 12.1. The molecule has 0 radical (unpaired) electrons. The summed E-state index contributed by atoms with van der Waals surface area (Å²) < 4.78 is 5.20. The van der Waals surface area contributed by atoms with Crippen LogP contribution in [0.1, 0.15) is 66.7 Å². The van der Waals surface area contributed by atoms with Gasteiger partial charge in [-0.15, -0.1) is 0 Å². The fraction of sp³-hybridized carbons (Fsp3) is 0.941. The van der Waals surface area contributed by atoms with Crippen LogP contribution in [0.3, 0.4) is 0 Å². The van der Waals surface area contributed by atoms with Crippen LogP contribution in [0.25, 0.3) is 0 Å². The van der Waals surface area contributed by atoms with Gasteiger partial charge in [0.1, 0.15) is 5.54 Å². The lowest BCUT2D eigenvalue weighted by atomic mass is 9.94. The molecule has 0 saturated heterocycles. The molecule has 0 aromatic carbocycles. The van der Waals surface area contributed by atoms with Crippen LogP contribution >= 0.6 is 0 Å². The molecule has 4 nitrogen and oxygen atoms in total. The maximum Gasteiger partial charge on any atom is 0.326 e. The summed E-state index contributed by atoms with van der Waals surface area (Å²) in [5, 5.41) is 3.29. The zero-order chi connectivity index (χ0) is 16.3. The van der Waals surface area contributed by atoms with Gasteiger partial charge in [0.25, 0.3) is 0 Å². The van der Waals surface area contributed by atoms with E-state index in [0.717, 1.165) is 32.4 Å². The predicted molar refractivity (Wildman–Crippen MR) is 89.6 cm³/mol. The van der Waals surface area contributed by atoms with Crippen LogP contribution in [-0.4, -0.2) is 49.2 Å². The van der Waals surface area contributed by atoms with E-state index in [0.29, 0.717) is 12.6 Å². The van der Waals surface area contributed by atoms with Crippen molar-refractivity contribution in [2.45, 2.75) is 78.3 Å². The highest BCUT2D eigenvalue weighted by atomic mass is 16.5. The van der Waals surface area contributed by atoms with E-state index in [1.807, 2.05) is 20.8 Å². The van der Waals surface area contributed by atoms with Gasteiger partial charge in [-0.1, -0.05) is 20.8 Å². The molecule has 0 amide bonds. The first-order valence-electron chi connectivity index (χ1n) is 8.57. The number of carbonyl (C=O) groups is 1. The summed E-state index contributed by atoms with van der Waals surface area (Å²) in [6.45, 7) is 12.6. The first-order chi connectivity index (χ1) is 9.95. The lowest BCUT2D eigenvalue weighted by Gasteiger charge is -2.29. The molecule has 0 bridgehead atoms. The van der Waals surface area contributed by atoms with Crippen LogP contribution in [0.4, 0.5) is 0 Å². The molecule has 1 unspecified atom stereocenters. The van der Waals surface area contributed by atoms with Crippen LogP contribution in [0, 0.1) is 0 Å². The number of nitrogens with one attached hydrogen (secondary N) is 1. The average molecular weight is 300 g/mol. The molecule has 0 saturated carbocycles. The summed E-state index contributed by atoms with van der Waals surface area (Å²) in [5.41, 5.74) is -0.543. The van der Waals surface area contributed by atoms with Gasteiger partial charge >= 0.3 is 5.97 Å². The van der Waals surface area contributed by atoms with Crippen molar-refractivity contribution >= 4 is 5.97 Å². The van der Waals surface area contributed by atoms with Crippen LogP contribution in [0.15, 0.2) is 0 Å². The molecule has 21 heavy (non-hydrogen) atoms. The Labute approximate surface area is 131 Å². The zero-order valence-electron chi connectivity index (χ0n) is 15.0. The van der Waals surface area contributed by atoms with Crippen LogP contribution < -0.4 is 5.32 Å². The molecule has 0 aromatic rings. The minimum atomic E-state index is -0.543. The van der Waals surface area contributed by atoms with Crippen molar-refractivity contribution in [1.29, 1.82) is 0 Å². The number of nitrogens with zero attached hydrogens (tertiary/aromatic N) is 1. The molecule has 0 fully saturated rings. The normalized spacial score (nSPS) is 14.5. The number of carbonyl (C=O) groups excluding carboxylic acids is 1. The topological polar surface area (TPSA) is 41.6 Å². The molecule has 0 aliphatic heterocycles. The maximum absolute atomic E-state index is 12.1. The Hall–Kier alpha value is -0.610. The van der Waals surface area contributed by atoms with Crippen molar-refractivity contribution in [3.63, 3.8) is 0 Å². The van der Waals surface area contributed by atoms with Gasteiger partial charge in [-0.2, -0.15) is 0 Å². The Morgan fingerprint density at radius 2 is 1.81 bits per heavy atom. The molecule has 1 atom stereocenters. The summed E-state index contributed by atoms with van der Waals surface area (Å²) in [7, 11) is 2.20. The second-order valence-corrected chi connectivity index (χ2v) is 5.99. The second kappa shape index (κ2) is 11.0. The van der Waals surface area contributed by atoms with Gasteiger partial charge in [0.2, 0.25) is 0 Å². The van der Waals surface area contributed by atoms with Crippen molar-refractivity contribution < 1.29 is 9.53 Å². The molecule has 0 aliphatic carbocycles. The highest BCUT2D eigenvalue weighted by molar-refractivity contribution is 5.80. The smallest absolute Gasteiger partial charge is 0.326 e. The van der Waals surface area contributed by atoms with E-state index in [4.69, 9.17) is 4.74 Å². The lowest BCUT2D eigenvalue weighted by molar-refractivity contribution is -0.150. The number of ether oxygens (including phenoxy) is 1. The van der Waals surface area contributed by atoms with Crippen LogP contribution in [0.5, 0.6) is 0 Å². The van der Waals surface area contributed by atoms with Crippen molar-refractivity contribution in [1.82, 2.24) is 10.2 Å². The Balaban J connectivity index is 4.23. The first kappa shape index (κ1) is 20.4. The molecular weight excluding hydrogens is 264 g/mol.